The Morgan fingerprint density at radius 3 is 2.88 bits per heavy atom. The summed E-state index contributed by atoms with van der Waals surface area (Å²) in [6.45, 7) is 0. The monoisotopic (exact) mass is 225 g/mol. The van der Waals surface area contributed by atoms with Gasteiger partial charge in [-0.05, 0) is 12.1 Å². The predicted molar refractivity (Wildman–Crippen MR) is 66.2 cm³/mol. The van der Waals surface area contributed by atoms with E-state index in [0.717, 1.165) is 28.8 Å². The van der Waals surface area contributed by atoms with E-state index in [1.165, 1.54) is 0 Å². The number of aliphatic imine (C=N–C) groups is 1. The van der Waals surface area contributed by atoms with Gasteiger partial charge in [-0.25, -0.2) is 4.99 Å². The zero-order chi connectivity index (χ0) is 11.8. The van der Waals surface area contributed by atoms with Gasteiger partial charge in [-0.1, -0.05) is 24.3 Å². The smallest absolute Gasteiger partial charge is 0.142 e. The van der Waals surface area contributed by atoms with Gasteiger partial charge < -0.3 is 9.53 Å². The Kier molecular flexibility index (Phi) is 2.18. The molecule has 0 saturated carbocycles. The third-order valence-electron chi connectivity index (χ3n) is 2.99. The van der Waals surface area contributed by atoms with E-state index in [9.17, 15) is 4.79 Å². The fourth-order valence-electron chi connectivity index (χ4n) is 2.20. The van der Waals surface area contributed by atoms with Crippen molar-refractivity contribution >= 4 is 23.3 Å². The van der Waals surface area contributed by atoms with Gasteiger partial charge in [-0.3, -0.25) is 0 Å². The third-order valence-corrected chi connectivity index (χ3v) is 2.99. The summed E-state index contributed by atoms with van der Waals surface area (Å²) in [5, 5.41) is 0. The molecule has 0 bridgehead atoms. The Morgan fingerprint density at radius 2 is 2.12 bits per heavy atom. The van der Waals surface area contributed by atoms with Crippen molar-refractivity contribution in [1.29, 1.82) is 0 Å². The molecule has 1 aliphatic heterocycles. The standard InChI is InChI=1S/C14H11NO2/c1-17-13-7-9(8-16)6-11-10-4-2-3-5-12(10)15-14(11)13/h2-9H,1H3. The fraction of sp³-hybridized carbons (Fsp3) is 0.143. The van der Waals surface area contributed by atoms with Crippen LogP contribution in [0.1, 0.15) is 5.56 Å². The van der Waals surface area contributed by atoms with Crippen LogP contribution in [0.2, 0.25) is 0 Å². The van der Waals surface area contributed by atoms with E-state index < -0.39 is 0 Å². The number of ether oxygens (including phenoxy) is 1. The second-order valence-corrected chi connectivity index (χ2v) is 4.01. The minimum Gasteiger partial charge on any atom is -0.495 e. The van der Waals surface area contributed by atoms with E-state index in [4.69, 9.17) is 4.74 Å². The lowest BCUT2D eigenvalue weighted by Crippen LogP contribution is -2.13. The van der Waals surface area contributed by atoms with Crippen LogP contribution >= 0.6 is 0 Å². The molecule has 3 nitrogen and oxygen atoms in total. The van der Waals surface area contributed by atoms with Crippen LogP contribution in [-0.2, 0) is 9.53 Å². The number of nitrogens with zero attached hydrogens (tertiary/aromatic N) is 1. The molecule has 0 radical (unpaired) electrons. The van der Waals surface area contributed by atoms with E-state index >= 15 is 0 Å². The van der Waals surface area contributed by atoms with Gasteiger partial charge >= 0.3 is 0 Å². The quantitative estimate of drug-likeness (QED) is 0.725. The number of hydrogen-bond acceptors (Lipinski definition) is 3. The molecule has 2 aliphatic rings. The maximum atomic E-state index is 10.9. The van der Waals surface area contributed by atoms with Gasteiger partial charge in [0.2, 0.25) is 0 Å². The molecular weight excluding hydrogens is 214 g/mol. The molecule has 0 N–H and O–H groups in total. The zero-order valence-electron chi connectivity index (χ0n) is 9.38. The molecule has 1 aliphatic carbocycles. The molecule has 1 unspecified atom stereocenters. The third kappa shape index (κ3) is 1.43. The summed E-state index contributed by atoms with van der Waals surface area (Å²) in [6, 6.07) is 7.90. The molecular formula is C14H11NO2. The SMILES string of the molecule is COC1=CC(C=O)C=C2C1=Nc1ccccc12. The molecule has 0 spiro atoms. The summed E-state index contributed by atoms with van der Waals surface area (Å²) < 4.78 is 5.30. The van der Waals surface area contributed by atoms with Gasteiger partial charge in [0, 0.05) is 11.1 Å². The number of carbonyl (C=O) groups is 1. The number of methoxy groups -OCH3 is 1. The summed E-state index contributed by atoms with van der Waals surface area (Å²) in [5.74, 6) is 0.445. The van der Waals surface area contributed by atoms with Crippen molar-refractivity contribution in [1.82, 2.24) is 0 Å². The van der Waals surface area contributed by atoms with Crippen molar-refractivity contribution in [2.45, 2.75) is 0 Å². The first-order valence-corrected chi connectivity index (χ1v) is 5.45. The molecule has 1 aromatic carbocycles. The summed E-state index contributed by atoms with van der Waals surface area (Å²) in [4.78, 5) is 15.5. The van der Waals surface area contributed by atoms with Crippen molar-refractivity contribution in [3.63, 3.8) is 0 Å². The Hall–Kier alpha value is -2.16. The number of aldehydes is 1. The topological polar surface area (TPSA) is 38.7 Å². The van der Waals surface area contributed by atoms with Crippen LogP contribution in [0.25, 0.3) is 5.57 Å². The molecule has 0 aromatic heterocycles. The fourth-order valence-corrected chi connectivity index (χ4v) is 2.20. The van der Waals surface area contributed by atoms with Crippen LogP contribution in [0, 0.1) is 5.92 Å². The summed E-state index contributed by atoms with van der Waals surface area (Å²) in [7, 11) is 1.60. The predicted octanol–water partition coefficient (Wildman–Crippen LogP) is 2.52. The summed E-state index contributed by atoms with van der Waals surface area (Å²) >= 11 is 0. The van der Waals surface area contributed by atoms with Crippen molar-refractivity contribution in [2.24, 2.45) is 10.9 Å². The average Bonchev–Trinajstić information content (AvgIpc) is 2.76. The second-order valence-electron chi connectivity index (χ2n) is 4.01. The highest BCUT2D eigenvalue weighted by atomic mass is 16.5. The maximum Gasteiger partial charge on any atom is 0.142 e. The van der Waals surface area contributed by atoms with Crippen LogP contribution in [-0.4, -0.2) is 19.1 Å². The van der Waals surface area contributed by atoms with Gasteiger partial charge in [0.1, 0.15) is 17.8 Å². The highest BCUT2D eigenvalue weighted by molar-refractivity contribution is 6.36. The van der Waals surface area contributed by atoms with Gasteiger partial charge in [0.15, 0.2) is 0 Å². The molecule has 84 valence electrons. The van der Waals surface area contributed by atoms with Crippen molar-refractivity contribution in [3.05, 3.63) is 47.7 Å². The Bertz CT molecular complexity index is 582. The van der Waals surface area contributed by atoms with Gasteiger partial charge in [0.25, 0.3) is 0 Å². The van der Waals surface area contributed by atoms with Gasteiger partial charge in [0.05, 0.1) is 18.7 Å². The number of benzene rings is 1. The first-order chi connectivity index (χ1) is 8.33. The highest BCUT2D eigenvalue weighted by Gasteiger charge is 2.28. The molecule has 3 heteroatoms. The van der Waals surface area contributed by atoms with Crippen LogP contribution in [0.15, 0.2) is 47.2 Å². The first-order valence-electron chi connectivity index (χ1n) is 5.45. The molecule has 1 heterocycles. The van der Waals surface area contributed by atoms with Gasteiger partial charge in [-0.15, -0.1) is 0 Å². The van der Waals surface area contributed by atoms with E-state index in [-0.39, 0.29) is 5.92 Å². The number of allylic oxidation sites excluding steroid dienone is 3. The summed E-state index contributed by atoms with van der Waals surface area (Å²) in [6.07, 6.45) is 4.63. The second kappa shape index (κ2) is 3.70. The number of carbonyl (C=O) groups excluding carboxylic acids is 1. The highest BCUT2D eigenvalue weighted by Crippen LogP contribution is 2.39. The van der Waals surface area contributed by atoms with Crippen molar-refractivity contribution < 1.29 is 9.53 Å². The Balaban J connectivity index is 2.18. The van der Waals surface area contributed by atoms with Crippen molar-refractivity contribution in [2.75, 3.05) is 7.11 Å². The minimum atomic E-state index is -0.231. The van der Waals surface area contributed by atoms with E-state index in [0.29, 0.717) is 5.76 Å². The average molecular weight is 225 g/mol. The minimum absolute atomic E-state index is 0.231. The van der Waals surface area contributed by atoms with Gasteiger partial charge in [-0.2, -0.15) is 0 Å². The van der Waals surface area contributed by atoms with Crippen molar-refractivity contribution in [3.8, 4) is 0 Å². The number of para-hydroxylation sites is 1. The molecule has 0 saturated heterocycles. The lowest BCUT2D eigenvalue weighted by molar-refractivity contribution is -0.108. The number of rotatable bonds is 2. The molecule has 1 aromatic rings. The molecule has 1 atom stereocenters. The van der Waals surface area contributed by atoms with Crippen LogP contribution in [0.3, 0.4) is 0 Å². The van der Waals surface area contributed by atoms with E-state index in [2.05, 4.69) is 4.99 Å². The largest absolute Gasteiger partial charge is 0.495 e. The number of hydrogen-bond donors (Lipinski definition) is 0. The molecule has 0 fully saturated rings. The van der Waals surface area contributed by atoms with E-state index in [1.54, 1.807) is 13.2 Å². The van der Waals surface area contributed by atoms with Crippen LogP contribution in [0.4, 0.5) is 5.69 Å². The molecule has 17 heavy (non-hydrogen) atoms. The number of fused-ring (bicyclic) bond motifs is 3. The summed E-state index contributed by atoms with van der Waals surface area (Å²) in [5.41, 5.74) is 3.82. The lowest BCUT2D eigenvalue weighted by Gasteiger charge is -2.15. The Morgan fingerprint density at radius 1 is 1.29 bits per heavy atom. The normalized spacial score (nSPS) is 20.8. The molecule has 0 amide bonds. The molecule has 3 rings (SSSR count). The van der Waals surface area contributed by atoms with E-state index in [1.807, 2.05) is 30.3 Å². The van der Waals surface area contributed by atoms with Crippen LogP contribution < -0.4 is 0 Å². The van der Waals surface area contributed by atoms with Crippen LogP contribution in [0.5, 0.6) is 0 Å². The first kappa shape index (κ1) is 10.0. The Labute approximate surface area is 99.1 Å². The maximum absolute atomic E-state index is 10.9. The zero-order valence-corrected chi connectivity index (χ0v) is 9.38. The lowest BCUT2D eigenvalue weighted by atomic mass is 9.92.